The number of pyridine rings is 4. The second-order valence-electron chi connectivity index (χ2n) is 22.0. The van der Waals surface area contributed by atoms with E-state index in [0.717, 1.165) is 20.9 Å². The smallest absolute Gasteiger partial charge is 0.342 e. The molecule has 0 radical (unpaired) electrons. The Bertz CT molecular complexity index is 5150. The minimum absolute atomic E-state index is 0. The van der Waals surface area contributed by atoms with Gasteiger partial charge in [0.05, 0.1) is 49.0 Å². The average molecular weight is 1680 g/mol. The van der Waals surface area contributed by atoms with E-state index in [1.807, 2.05) is 29.5 Å². The van der Waals surface area contributed by atoms with Crippen LogP contribution in [0, 0.1) is 79.1 Å². The Balaban J connectivity index is 0.000000275. The molecule has 10 aromatic rings. The van der Waals surface area contributed by atoms with E-state index in [2.05, 4.69) is 4.42 Å². The standard InChI is InChI=1S/C20H19FINO4.C20H21NO7S.C13H15NO5.C9H13NO3.C6H6O3.CH3.W/c1-11-8-17-18(19(24)23(11)6-7-26-3)15(12(2)20(25)27-17)9-13-4-5-14(22)10-16(13)21;1-12-5-7-15(8-6-12)29(24,25)28-18-14(3)20(23)27-16-11-13(2)21(9-10-26-4)19(22)17(16)18;1-7-6-9-10(11(15)8(2)13(17)19-9)12(16)14(7)4-5-18-3;1-7-5-8(11)6-9(12)10(7)3-4-13-2;1-4-2-5(7)3-6(8)9-4;;/h4-5,8,10H,6-7,9H2,1-3H3;5-8,11H,9-10H2,1-4H3;6,15H,4-5H2,1-3H3;5-6,11H,3-4H2,1-2H3;2-3,7H,1H3;1H3;/q;;;;;-1;. The summed E-state index contributed by atoms with van der Waals surface area (Å²) in [6.07, 6.45) is 0.138. The number of benzene rings is 2. The Morgan fingerprint density at radius 3 is 1.38 bits per heavy atom. The van der Waals surface area contributed by atoms with Crippen LogP contribution >= 0.6 is 22.6 Å². The third-order valence-electron chi connectivity index (χ3n) is 15.0. The summed E-state index contributed by atoms with van der Waals surface area (Å²) in [5.74, 6) is -0.634. The molecular weight excluding hydrogens is 1600 g/mol. The Morgan fingerprint density at radius 2 is 0.919 bits per heavy atom. The maximum absolute atomic E-state index is 14.4. The number of aromatic hydroxyl groups is 3. The number of halogens is 2. The number of methoxy groups -OCH3 is 4. The van der Waals surface area contributed by atoms with Crippen molar-refractivity contribution in [1.29, 1.82) is 0 Å². The van der Waals surface area contributed by atoms with Gasteiger partial charge in [-0.25, -0.2) is 23.6 Å². The molecule has 532 valence electrons. The summed E-state index contributed by atoms with van der Waals surface area (Å²) < 4.78 is 92.1. The van der Waals surface area contributed by atoms with E-state index >= 15 is 0 Å². The van der Waals surface area contributed by atoms with Crippen molar-refractivity contribution < 1.29 is 90.0 Å². The average Bonchev–Trinajstić information content (AvgIpc) is 0.768. The molecule has 0 aliphatic heterocycles. The molecule has 0 bridgehead atoms. The van der Waals surface area contributed by atoms with Gasteiger partial charge in [0.1, 0.15) is 61.2 Å². The van der Waals surface area contributed by atoms with E-state index in [4.69, 9.17) is 46.6 Å². The number of nitrogens with zero attached hydrogens (tertiary/aromatic N) is 4. The Labute approximate surface area is 594 Å². The molecule has 99 heavy (non-hydrogen) atoms. The molecule has 3 N–H and O–H groups in total. The van der Waals surface area contributed by atoms with Crippen molar-refractivity contribution >= 4 is 65.6 Å². The van der Waals surface area contributed by atoms with E-state index in [1.54, 1.807) is 114 Å². The van der Waals surface area contributed by atoms with Crippen LogP contribution in [-0.4, -0.2) is 96.9 Å². The number of aryl methyl sites for hydroxylation is 6. The monoisotopic (exact) mass is 1680 g/mol. The van der Waals surface area contributed by atoms with Gasteiger partial charge in [0.2, 0.25) is 0 Å². The quantitative estimate of drug-likeness (QED) is 0.0437. The summed E-state index contributed by atoms with van der Waals surface area (Å²) in [7, 11) is 1.93. The summed E-state index contributed by atoms with van der Waals surface area (Å²) in [5, 5.41) is 28.0. The largest absolute Gasteiger partial charge is 0.508 e. The summed E-state index contributed by atoms with van der Waals surface area (Å²) >= 11 is 2.04. The van der Waals surface area contributed by atoms with E-state index in [0.29, 0.717) is 84.4 Å². The van der Waals surface area contributed by atoms with Crippen molar-refractivity contribution in [3.63, 3.8) is 0 Å². The summed E-state index contributed by atoms with van der Waals surface area (Å²) in [4.78, 5) is 96.1. The zero-order valence-corrected chi connectivity index (χ0v) is 62.8. The zero-order valence-electron chi connectivity index (χ0n) is 56.9. The number of aromatic nitrogens is 4. The van der Waals surface area contributed by atoms with Crippen LogP contribution in [0.15, 0.2) is 146 Å². The topological polar surface area (TPSA) is 350 Å². The Kier molecular flexibility index (Phi) is 30.7. The number of rotatable bonds is 17. The fourth-order valence-electron chi connectivity index (χ4n) is 9.77. The molecule has 0 amide bonds. The van der Waals surface area contributed by atoms with Crippen LogP contribution in [0.25, 0.3) is 32.9 Å². The SMILES string of the molecule is COCCn1c(C)cc(O)cc1=O.COCCn1c(C)cc2oc(=O)c(C)c(Cc3ccc(I)cc3F)c2c1=O.COCCn1c(C)cc2oc(=O)c(C)c(O)c2c1=O.COCCn1c(C)cc2oc(=O)c(C)c(OS(=O)(=O)c3ccc(C)cc3)c2c1=O.Cc1cc(O)cc(=O)o1.[CH3-].[W]. The van der Waals surface area contributed by atoms with Crippen molar-refractivity contribution in [2.24, 2.45) is 0 Å². The Morgan fingerprint density at radius 1 is 0.495 bits per heavy atom. The van der Waals surface area contributed by atoms with Gasteiger partial charge in [0, 0.05) is 144 Å². The third-order valence-corrected chi connectivity index (χ3v) is 16.9. The van der Waals surface area contributed by atoms with E-state index in [9.17, 15) is 56.3 Å². The normalized spacial score (nSPS) is 10.9. The van der Waals surface area contributed by atoms with Crippen molar-refractivity contribution in [1.82, 2.24) is 18.3 Å². The molecule has 0 spiro atoms. The van der Waals surface area contributed by atoms with Gasteiger partial charge in [0.15, 0.2) is 5.75 Å². The van der Waals surface area contributed by atoms with Crippen molar-refractivity contribution in [3.8, 4) is 23.0 Å². The summed E-state index contributed by atoms with van der Waals surface area (Å²) in [5.41, 5.74) is 1.08. The van der Waals surface area contributed by atoms with Crippen LogP contribution in [0.1, 0.15) is 61.9 Å². The van der Waals surface area contributed by atoms with Crippen LogP contribution in [0.5, 0.6) is 23.0 Å². The minimum Gasteiger partial charge on any atom is -0.508 e. The van der Waals surface area contributed by atoms with Crippen LogP contribution in [-0.2, 0) is 82.7 Å². The molecule has 30 heteroatoms. The van der Waals surface area contributed by atoms with Crippen LogP contribution < -0.4 is 48.9 Å². The van der Waals surface area contributed by atoms with Gasteiger partial charge >= 0.3 is 32.6 Å². The Hall–Kier alpha value is -8.84. The molecule has 0 unspecified atom stereocenters. The fourth-order valence-corrected chi connectivity index (χ4v) is 11.2. The van der Waals surface area contributed by atoms with Crippen LogP contribution in [0.2, 0.25) is 0 Å². The molecule has 0 aliphatic carbocycles. The van der Waals surface area contributed by atoms with Gasteiger partial charge in [-0.15, -0.1) is 0 Å². The molecule has 2 aromatic carbocycles. The summed E-state index contributed by atoms with van der Waals surface area (Å²) in [6.45, 7) is 17.8. The molecular formula is C69H77FIN4O22SW-. The first kappa shape index (κ1) is 82.6. The first-order chi connectivity index (χ1) is 45.8. The second kappa shape index (κ2) is 36.8. The molecule has 8 heterocycles. The number of ether oxygens (including phenoxy) is 4. The maximum Gasteiger partial charge on any atom is 0.342 e. The van der Waals surface area contributed by atoms with Crippen molar-refractivity contribution in [2.45, 2.75) is 99.8 Å². The molecule has 26 nitrogen and oxygen atoms in total. The predicted octanol–water partition coefficient (Wildman–Crippen LogP) is 8.38. The molecule has 0 fully saturated rings. The van der Waals surface area contributed by atoms with E-state index < -0.39 is 43.7 Å². The summed E-state index contributed by atoms with van der Waals surface area (Å²) in [6, 6.07) is 20.8. The molecule has 0 aliphatic rings. The van der Waals surface area contributed by atoms with Crippen LogP contribution in [0.4, 0.5) is 4.39 Å². The maximum atomic E-state index is 14.4. The molecule has 0 atom stereocenters. The van der Waals surface area contributed by atoms with Gasteiger partial charge < -0.3 is 81.8 Å². The van der Waals surface area contributed by atoms with Gasteiger partial charge in [-0.2, -0.15) is 8.42 Å². The number of fused-ring (bicyclic) bond motifs is 3. The van der Waals surface area contributed by atoms with E-state index in [1.165, 1.54) is 66.5 Å². The first-order valence-corrected chi connectivity index (χ1v) is 32.1. The molecule has 0 saturated heterocycles. The van der Waals surface area contributed by atoms with Gasteiger partial charge in [-0.05, 0) is 126 Å². The fraction of sp³-hybridized carbons (Fsp3) is 0.319. The molecule has 0 saturated carbocycles. The first-order valence-electron chi connectivity index (χ1n) is 29.6. The van der Waals surface area contributed by atoms with Gasteiger partial charge in [0.25, 0.3) is 22.2 Å². The van der Waals surface area contributed by atoms with Crippen molar-refractivity contribution in [2.75, 3.05) is 54.9 Å². The predicted molar refractivity (Wildman–Crippen MR) is 374 cm³/mol. The minimum atomic E-state index is -4.27. The van der Waals surface area contributed by atoms with Crippen molar-refractivity contribution in [3.05, 3.63) is 247 Å². The van der Waals surface area contributed by atoms with Crippen LogP contribution in [0.3, 0.4) is 0 Å². The number of hydrogen-bond donors (Lipinski definition) is 3. The molecule has 10 rings (SSSR count). The van der Waals surface area contributed by atoms with Gasteiger partial charge in [-0.1, -0.05) is 23.8 Å². The molecule has 8 aromatic heterocycles. The van der Waals surface area contributed by atoms with E-state index in [-0.39, 0.29) is 132 Å². The van der Waals surface area contributed by atoms with Gasteiger partial charge in [-0.3, -0.25) is 19.2 Å². The third kappa shape index (κ3) is 20.6. The number of hydrogen-bond acceptors (Lipinski definition) is 22. The second-order valence-corrected chi connectivity index (χ2v) is 24.8. The zero-order chi connectivity index (χ0) is 71.9.